The number of hydrogen-bond donors (Lipinski definition) is 2. The van der Waals surface area contributed by atoms with E-state index in [4.69, 9.17) is 48.5 Å². The van der Waals surface area contributed by atoms with Crippen molar-refractivity contribution >= 4 is 81.8 Å². The maximum atomic E-state index is 12.2. The zero-order chi connectivity index (χ0) is 85.9. The first-order chi connectivity index (χ1) is 49.6. The SMILES string of the molecule is CC.CC.CC.CC.CC.CCBr.CCC.CCCC(=O)Cc1cn(C)cc1C(=O)O.CCCC(=O)Cc1cn(C)cc1C(=O)OCc1ccccc1.CCOC(=O)C(C(=O)OCC)C(=O)OCC.CCOC(=O)C(CC)(CC)CC.CO.COC.COC.COC.COC.O=C=O.O=C=O.O=C=O.[Ir]. The second kappa shape index (κ2) is 127. The van der Waals surface area contributed by atoms with Crippen LogP contribution in [0.5, 0.6) is 0 Å². The molecule has 2 heterocycles. The molecule has 623 valence electrons. The van der Waals surface area contributed by atoms with E-state index in [1.54, 1.807) is 106 Å². The second-order valence-electron chi connectivity index (χ2n) is 17.6. The van der Waals surface area contributed by atoms with Crippen molar-refractivity contribution in [3.63, 3.8) is 0 Å². The average molecular weight is 1760 g/mol. The molecule has 0 amide bonds. The Hall–Kier alpha value is -6.99. The molecule has 0 unspecified atom stereocenters. The Labute approximate surface area is 654 Å². The van der Waals surface area contributed by atoms with Crippen molar-refractivity contribution in [2.75, 3.05) is 95.7 Å². The normalized spacial score (nSPS) is 8.04. The molecule has 0 aliphatic rings. The number of alkyl halides is 1. The van der Waals surface area contributed by atoms with Gasteiger partial charge in [0.15, 0.2) is 0 Å². The number of aromatic nitrogens is 2. The molecule has 0 spiro atoms. The van der Waals surface area contributed by atoms with Gasteiger partial charge in [0.1, 0.15) is 18.2 Å². The summed E-state index contributed by atoms with van der Waals surface area (Å²) >= 11 is 3.15. The number of Topliss-reactive ketones (excluding diaryl/α,β-unsaturated/α-hetero) is 2. The number of carboxylic acid groups (broad SMARTS) is 1. The van der Waals surface area contributed by atoms with E-state index in [2.05, 4.69) is 62.9 Å². The maximum absolute atomic E-state index is 12.2. The van der Waals surface area contributed by atoms with Gasteiger partial charge in [0, 0.05) is 154 Å². The summed E-state index contributed by atoms with van der Waals surface area (Å²) in [6, 6.07) is 9.54. The van der Waals surface area contributed by atoms with Crippen molar-refractivity contribution in [3.05, 3.63) is 82.9 Å². The number of nitrogens with zero attached hydrogens (tertiary/aromatic N) is 2. The minimum absolute atomic E-state index is 0. The van der Waals surface area contributed by atoms with Crippen molar-refractivity contribution in [2.24, 2.45) is 25.4 Å². The molecule has 1 aromatic carbocycles. The molecule has 1 radical (unpaired) electrons. The second-order valence-corrected chi connectivity index (χ2v) is 18.8. The summed E-state index contributed by atoms with van der Waals surface area (Å²) < 4.78 is 44.6. The Kier molecular flexibility index (Phi) is 170. The molecule has 0 aliphatic carbocycles. The zero-order valence-corrected chi connectivity index (χ0v) is 74.5. The van der Waals surface area contributed by atoms with Gasteiger partial charge in [-0.15, -0.1) is 0 Å². The Balaban J connectivity index is -0.0000000566. The standard InChI is InChI=1S/C18H21NO3.C11H15NO3.C10H16O6.C10H20O2.C3H8.C2H5Br.4C2H6O.5C2H6.3CO2.CH4O.Ir/c1-3-7-16(20)10-15-11-19(2)12-17(15)18(21)22-13-14-8-5-4-6-9-14;1-3-4-9(13)5-8-6-12(2)7-10(8)11(14)15;1-4-14-8(11)7(9(12)15-5-2)10(13)16-6-3;1-5-10(6-2,7-3)9(11)12-8-4;1-3-2;1-2-3;4*1-3-2;5*1-2;3*2-1-3;1-2;/h4-6,8-9,11-12H,3,7,10,13H2,1-2H3;6-7H,3-5H2,1-2H3,(H,14,15);7H,4-6H2,1-3H3;5-8H2,1-4H3;3H2,1-2H3;2H2,1H3;4*1-2H3;5*1-2H3;;;;2H,1H3;. The summed E-state index contributed by atoms with van der Waals surface area (Å²) in [5, 5.41) is 17.0. The fourth-order valence-electron chi connectivity index (χ4n) is 6.33. The van der Waals surface area contributed by atoms with Crippen LogP contribution in [0.15, 0.2) is 55.1 Å². The molecule has 0 bridgehead atoms. The number of aryl methyl sites for hydroxylation is 2. The van der Waals surface area contributed by atoms with Crippen molar-refractivity contribution in [1.29, 1.82) is 0 Å². The van der Waals surface area contributed by atoms with Crippen molar-refractivity contribution < 1.29 is 140 Å². The molecule has 2 aromatic heterocycles. The third-order valence-corrected chi connectivity index (χ3v) is 9.88. The topological polar surface area (TPSA) is 372 Å². The van der Waals surface area contributed by atoms with Gasteiger partial charge in [0.2, 0.25) is 0 Å². The molecule has 0 fully saturated rings. The van der Waals surface area contributed by atoms with Gasteiger partial charge >= 0.3 is 54.3 Å². The quantitative estimate of drug-likeness (QED) is 0.0385. The van der Waals surface area contributed by atoms with Crippen LogP contribution in [-0.4, -0.2) is 181 Å². The van der Waals surface area contributed by atoms with Crippen LogP contribution in [0, 0.1) is 11.3 Å². The fraction of sp³-hybridized carbons (Fsp3) is 0.671. The summed E-state index contributed by atoms with van der Waals surface area (Å²) in [6.45, 7) is 43.9. The van der Waals surface area contributed by atoms with Crippen LogP contribution in [0.25, 0.3) is 0 Å². The number of methoxy groups -OCH3 is 4. The Morgan fingerprint density at radius 3 is 0.933 bits per heavy atom. The first-order valence-electron chi connectivity index (χ1n) is 34.7. The van der Waals surface area contributed by atoms with Gasteiger partial charge in [-0.05, 0) is 76.5 Å². The number of ether oxygens (including phenoxy) is 9. The summed E-state index contributed by atoms with van der Waals surface area (Å²) in [4.78, 5) is 141. The number of aromatic carboxylic acids is 1. The minimum atomic E-state index is -1.64. The van der Waals surface area contributed by atoms with Crippen molar-refractivity contribution in [2.45, 2.75) is 223 Å². The largest absolute Gasteiger partial charge is 0.478 e. The Morgan fingerprint density at radius 1 is 0.457 bits per heavy atom. The molecule has 0 atom stereocenters. The number of benzene rings is 1. The molecule has 3 rings (SSSR count). The predicted molar refractivity (Wildman–Crippen MR) is 411 cm³/mol. The number of carbonyl (C=O) groups excluding carboxylic acids is 13. The molecule has 0 saturated carbocycles. The minimum Gasteiger partial charge on any atom is -0.478 e. The summed E-state index contributed by atoms with van der Waals surface area (Å²) in [5.41, 5.74) is 2.75. The van der Waals surface area contributed by atoms with Crippen LogP contribution in [0.4, 0.5) is 0 Å². The number of carboxylic acids is 1. The molecule has 3 aromatic rings. The molecule has 29 heteroatoms. The van der Waals surface area contributed by atoms with Crippen LogP contribution in [0.1, 0.15) is 241 Å². The smallest absolute Gasteiger partial charge is 0.373 e. The number of aliphatic hydroxyl groups is 1. The molecular formula is C76H143BrIrN2O25. The number of esters is 5. The van der Waals surface area contributed by atoms with Gasteiger partial charge in [-0.1, -0.05) is 177 Å². The van der Waals surface area contributed by atoms with Gasteiger partial charge in [-0.3, -0.25) is 28.8 Å². The van der Waals surface area contributed by atoms with E-state index >= 15 is 0 Å². The van der Waals surface area contributed by atoms with Gasteiger partial charge < -0.3 is 62.0 Å². The van der Waals surface area contributed by atoms with Crippen LogP contribution >= 0.6 is 15.9 Å². The van der Waals surface area contributed by atoms with Gasteiger partial charge in [0.05, 0.1) is 43.0 Å². The number of hydrogen-bond acceptors (Lipinski definition) is 24. The number of carbonyl (C=O) groups is 8. The van der Waals surface area contributed by atoms with Crippen molar-refractivity contribution in [3.8, 4) is 0 Å². The van der Waals surface area contributed by atoms with Gasteiger partial charge in [-0.2, -0.15) is 28.8 Å². The molecule has 105 heavy (non-hydrogen) atoms. The van der Waals surface area contributed by atoms with E-state index in [9.17, 15) is 38.4 Å². The third kappa shape index (κ3) is 106. The maximum Gasteiger partial charge on any atom is 0.373 e. The fourth-order valence-corrected chi connectivity index (χ4v) is 6.33. The number of rotatable bonds is 23. The molecule has 27 nitrogen and oxygen atoms in total. The van der Waals surface area contributed by atoms with E-state index in [1.165, 1.54) is 12.6 Å². The molecule has 2 N–H and O–H groups in total. The van der Waals surface area contributed by atoms with E-state index in [1.807, 2.05) is 161 Å². The van der Waals surface area contributed by atoms with Crippen LogP contribution in [-0.2, 0) is 154 Å². The summed E-state index contributed by atoms with van der Waals surface area (Å²) in [7, 11) is 17.6. The number of ketones is 2. The summed E-state index contributed by atoms with van der Waals surface area (Å²) in [5.74, 6) is -5.63. The van der Waals surface area contributed by atoms with E-state index in [-0.39, 0.29) is 112 Å². The first-order valence-corrected chi connectivity index (χ1v) is 35.8. The zero-order valence-electron chi connectivity index (χ0n) is 70.5. The van der Waals surface area contributed by atoms with Crippen LogP contribution in [0.2, 0.25) is 0 Å². The van der Waals surface area contributed by atoms with E-state index in [0.29, 0.717) is 30.6 Å². The van der Waals surface area contributed by atoms with Gasteiger partial charge in [-0.25, -0.2) is 9.59 Å². The Bertz CT molecular complexity index is 2280. The number of aliphatic hydroxyl groups excluding tert-OH is 1. The summed E-state index contributed by atoms with van der Waals surface area (Å²) in [6.07, 6.45) is 14.5. The van der Waals surface area contributed by atoms with E-state index < -0.39 is 29.8 Å². The third-order valence-electron chi connectivity index (χ3n) is 9.88. The van der Waals surface area contributed by atoms with Crippen LogP contribution in [0.3, 0.4) is 0 Å². The molecular weight excluding hydrogens is 1610 g/mol. The van der Waals surface area contributed by atoms with E-state index in [0.717, 1.165) is 55.7 Å². The first kappa shape index (κ1) is 141. The Morgan fingerprint density at radius 2 is 0.705 bits per heavy atom. The number of halogens is 1. The van der Waals surface area contributed by atoms with Gasteiger partial charge in [0.25, 0.3) is 5.92 Å². The monoisotopic (exact) mass is 1760 g/mol. The van der Waals surface area contributed by atoms with Crippen molar-refractivity contribution in [1.82, 2.24) is 9.13 Å². The molecule has 0 saturated heterocycles. The average Bonchev–Trinajstić information content (AvgIpc) is 1.47. The van der Waals surface area contributed by atoms with Crippen LogP contribution < -0.4 is 0 Å². The molecule has 0 aliphatic heterocycles. The predicted octanol–water partition coefficient (Wildman–Crippen LogP) is 14.8.